The first-order valence-electron chi connectivity index (χ1n) is 9.06. The predicted octanol–water partition coefficient (Wildman–Crippen LogP) is 4.79. The molecule has 0 radical (unpaired) electrons. The van der Waals surface area contributed by atoms with E-state index >= 15 is 0 Å². The molecule has 2 saturated heterocycles. The summed E-state index contributed by atoms with van der Waals surface area (Å²) in [6.45, 7) is 8.18. The molecule has 1 amide bonds. The van der Waals surface area contributed by atoms with Crippen LogP contribution in [0, 0.1) is 11.7 Å². The Labute approximate surface area is 162 Å². The first-order chi connectivity index (χ1) is 11.9. The lowest BCUT2D eigenvalue weighted by Gasteiger charge is -2.33. The van der Waals surface area contributed by atoms with E-state index in [-0.39, 0.29) is 11.1 Å². The summed E-state index contributed by atoms with van der Waals surface area (Å²) >= 11 is 5.03. The van der Waals surface area contributed by atoms with Crippen molar-refractivity contribution in [2.75, 3.05) is 26.2 Å². The highest BCUT2D eigenvalue weighted by molar-refractivity contribution is 9.10. The van der Waals surface area contributed by atoms with Gasteiger partial charge in [0, 0.05) is 28.9 Å². The molecule has 1 atom stereocenters. The molecule has 0 aromatic heterocycles. The van der Waals surface area contributed by atoms with Gasteiger partial charge >= 0.3 is 0 Å². The minimum absolute atomic E-state index is 0.159. The summed E-state index contributed by atoms with van der Waals surface area (Å²) in [6, 6.07) is 5.24. The molecule has 0 N–H and O–H groups in total. The Kier molecular flexibility index (Phi) is 6.44. The molecular weight excluding hydrogens is 403 g/mol. The predicted molar refractivity (Wildman–Crippen MR) is 106 cm³/mol. The number of piperidine rings is 1. The van der Waals surface area contributed by atoms with Crippen LogP contribution >= 0.6 is 27.7 Å². The van der Waals surface area contributed by atoms with Crippen LogP contribution in [0.3, 0.4) is 0 Å². The third-order valence-corrected chi connectivity index (χ3v) is 7.05. The zero-order chi connectivity index (χ0) is 18.0. The maximum atomic E-state index is 13.4. The van der Waals surface area contributed by atoms with Crippen molar-refractivity contribution in [3.05, 3.63) is 34.1 Å². The molecule has 25 heavy (non-hydrogen) atoms. The van der Waals surface area contributed by atoms with Crippen LogP contribution < -0.4 is 0 Å². The minimum atomic E-state index is -0.159. The van der Waals surface area contributed by atoms with E-state index in [0.717, 1.165) is 55.5 Å². The van der Waals surface area contributed by atoms with Gasteiger partial charge < -0.3 is 9.80 Å². The number of halogens is 2. The van der Waals surface area contributed by atoms with Gasteiger partial charge in [-0.3, -0.25) is 4.79 Å². The second-order valence-electron chi connectivity index (χ2n) is 7.44. The fraction of sp³-hybridized carbons (Fsp3) is 0.632. The topological polar surface area (TPSA) is 23.6 Å². The largest absolute Gasteiger partial charge is 0.330 e. The van der Waals surface area contributed by atoms with Gasteiger partial charge in [0.15, 0.2) is 0 Å². The third kappa shape index (κ3) is 4.98. The van der Waals surface area contributed by atoms with Crippen LogP contribution in [0.15, 0.2) is 22.7 Å². The maximum absolute atomic E-state index is 13.4. The molecule has 138 valence electrons. The van der Waals surface area contributed by atoms with E-state index < -0.39 is 0 Å². The van der Waals surface area contributed by atoms with E-state index in [1.54, 1.807) is 12.1 Å². The van der Waals surface area contributed by atoms with Crippen LogP contribution in [0.2, 0.25) is 0 Å². The Balaban J connectivity index is 1.46. The number of hydrogen-bond donors (Lipinski definition) is 0. The molecule has 1 unspecified atom stereocenters. The summed E-state index contributed by atoms with van der Waals surface area (Å²) < 4.78 is 14.5. The first kappa shape index (κ1) is 19.2. The molecule has 1 aromatic carbocycles. The Hall–Kier alpha value is -0.590. The summed E-state index contributed by atoms with van der Waals surface area (Å²) in [6.07, 6.45) is 3.22. The van der Waals surface area contributed by atoms with E-state index in [0.29, 0.717) is 17.2 Å². The van der Waals surface area contributed by atoms with Gasteiger partial charge in [-0.25, -0.2) is 4.39 Å². The zero-order valence-corrected chi connectivity index (χ0v) is 17.3. The molecule has 3 rings (SSSR count). The smallest absolute Gasteiger partial charge is 0.282 e. The minimum Gasteiger partial charge on any atom is -0.330 e. The zero-order valence-electron chi connectivity index (χ0n) is 14.9. The molecule has 1 aromatic rings. The molecule has 0 spiro atoms. The normalized spacial score (nSPS) is 23.0. The lowest BCUT2D eigenvalue weighted by atomic mass is 9.90. The number of thioether (sulfide) groups is 1. The average Bonchev–Trinajstić information content (AvgIpc) is 2.93. The number of carbonyl (C=O) groups is 1. The third-order valence-electron chi connectivity index (χ3n) is 5.21. The van der Waals surface area contributed by atoms with E-state index in [2.05, 4.69) is 34.7 Å². The fourth-order valence-electron chi connectivity index (χ4n) is 3.73. The molecule has 0 saturated carbocycles. The Morgan fingerprint density at radius 3 is 2.68 bits per heavy atom. The number of hydrogen-bond acceptors (Lipinski definition) is 3. The van der Waals surface area contributed by atoms with Crippen LogP contribution in [-0.4, -0.2) is 52.5 Å². The number of amides is 1. The van der Waals surface area contributed by atoms with Crippen molar-refractivity contribution in [3.63, 3.8) is 0 Å². The summed E-state index contributed by atoms with van der Waals surface area (Å²) in [4.78, 5) is 16.5. The quantitative estimate of drug-likeness (QED) is 0.673. The summed E-state index contributed by atoms with van der Waals surface area (Å²) in [7, 11) is 0. The standard InChI is InChI=1S/C19H26BrFN2OS/c1-13(2)23-12-17(25-19(23)24)11-22-7-5-14(6-8-22)9-15-10-16(21)3-4-18(15)20/h3-4,10,13-14,17H,5-9,11-12H2,1-2H3. The first-order valence-corrected chi connectivity index (χ1v) is 10.7. The summed E-state index contributed by atoms with van der Waals surface area (Å²) in [5, 5.41) is 0.620. The van der Waals surface area contributed by atoms with Crippen molar-refractivity contribution < 1.29 is 9.18 Å². The van der Waals surface area contributed by atoms with Gasteiger partial charge in [0.2, 0.25) is 0 Å². The Morgan fingerprint density at radius 2 is 2.04 bits per heavy atom. The van der Waals surface area contributed by atoms with Crippen LogP contribution in [-0.2, 0) is 6.42 Å². The molecule has 0 aliphatic carbocycles. The number of benzene rings is 1. The van der Waals surface area contributed by atoms with Gasteiger partial charge in [-0.05, 0) is 75.9 Å². The van der Waals surface area contributed by atoms with Crippen LogP contribution in [0.5, 0.6) is 0 Å². The van der Waals surface area contributed by atoms with Crippen molar-refractivity contribution >= 4 is 32.9 Å². The van der Waals surface area contributed by atoms with E-state index in [4.69, 9.17) is 0 Å². The molecule has 2 fully saturated rings. The number of nitrogens with zero attached hydrogens (tertiary/aromatic N) is 2. The van der Waals surface area contributed by atoms with Crippen LogP contribution in [0.1, 0.15) is 32.3 Å². The highest BCUT2D eigenvalue weighted by Gasteiger charge is 2.33. The van der Waals surface area contributed by atoms with E-state index in [9.17, 15) is 9.18 Å². The van der Waals surface area contributed by atoms with Gasteiger partial charge in [-0.1, -0.05) is 27.7 Å². The summed E-state index contributed by atoms with van der Waals surface area (Å²) in [5.74, 6) is 0.452. The SMILES string of the molecule is CC(C)N1CC(CN2CCC(Cc3cc(F)ccc3Br)CC2)SC1=O. The van der Waals surface area contributed by atoms with Crippen molar-refractivity contribution in [2.45, 2.75) is 44.4 Å². The molecule has 3 nitrogen and oxygen atoms in total. The molecular formula is C19H26BrFN2OS. The average molecular weight is 429 g/mol. The van der Waals surface area contributed by atoms with Crippen molar-refractivity contribution in [3.8, 4) is 0 Å². The van der Waals surface area contributed by atoms with Gasteiger partial charge in [0.1, 0.15) is 5.82 Å². The Bertz CT molecular complexity index is 619. The van der Waals surface area contributed by atoms with Crippen molar-refractivity contribution in [1.82, 2.24) is 9.80 Å². The molecule has 2 aliphatic rings. The number of rotatable bonds is 5. The second kappa shape index (κ2) is 8.40. The monoisotopic (exact) mass is 428 g/mol. The lowest BCUT2D eigenvalue weighted by molar-refractivity contribution is 0.176. The number of likely N-dealkylation sites (tertiary alicyclic amines) is 1. The molecule has 2 heterocycles. The Morgan fingerprint density at radius 1 is 1.32 bits per heavy atom. The second-order valence-corrected chi connectivity index (χ2v) is 9.54. The number of carbonyl (C=O) groups excluding carboxylic acids is 1. The van der Waals surface area contributed by atoms with E-state index in [1.807, 2.05) is 4.90 Å². The van der Waals surface area contributed by atoms with Crippen molar-refractivity contribution in [1.29, 1.82) is 0 Å². The van der Waals surface area contributed by atoms with Gasteiger partial charge in [0.05, 0.1) is 0 Å². The van der Waals surface area contributed by atoms with Gasteiger partial charge in [0.25, 0.3) is 5.24 Å². The van der Waals surface area contributed by atoms with Gasteiger partial charge in [-0.2, -0.15) is 0 Å². The van der Waals surface area contributed by atoms with Crippen LogP contribution in [0.4, 0.5) is 9.18 Å². The fourth-order valence-corrected chi connectivity index (χ4v) is 5.36. The maximum Gasteiger partial charge on any atom is 0.282 e. The highest BCUT2D eigenvalue weighted by Crippen LogP contribution is 2.30. The molecule has 6 heteroatoms. The van der Waals surface area contributed by atoms with Crippen molar-refractivity contribution in [2.24, 2.45) is 5.92 Å². The van der Waals surface area contributed by atoms with Crippen LogP contribution in [0.25, 0.3) is 0 Å². The lowest BCUT2D eigenvalue weighted by Crippen LogP contribution is -2.40. The highest BCUT2D eigenvalue weighted by atomic mass is 79.9. The van der Waals surface area contributed by atoms with Gasteiger partial charge in [-0.15, -0.1) is 0 Å². The van der Waals surface area contributed by atoms with E-state index in [1.165, 1.54) is 17.8 Å². The molecule has 2 aliphatic heterocycles. The molecule has 0 bridgehead atoms. The summed E-state index contributed by atoms with van der Waals surface area (Å²) in [5.41, 5.74) is 1.07.